The van der Waals surface area contributed by atoms with Crippen molar-refractivity contribution in [2.75, 3.05) is 0 Å². The van der Waals surface area contributed by atoms with Crippen LogP contribution in [-0.4, -0.2) is 0 Å². The molecule has 2 N–H and O–H groups in total. The molecule has 1 aromatic rings. The van der Waals surface area contributed by atoms with Crippen LogP contribution in [0.1, 0.15) is 38.3 Å². The molecule has 0 aliphatic rings. The van der Waals surface area contributed by atoms with Gasteiger partial charge in [-0.1, -0.05) is 45.0 Å². The summed E-state index contributed by atoms with van der Waals surface area (Å²) in [6, 6.07) is 8.61. The summed E-state index contributed by atoms with van der Waals surface area (Å²) < 4.78 is 0. The molecule has 0 heterocycles. The highest BCUT2D eigenvalue weighted by atomic mass is 35.5. The van der Waals surface area contributed by atoms with Crippen molar-refractivity contribution in [3.05, 3.63) is 35.4 Å². The van der Waals surface area contributed by atoms with Crippen LogP contribution in [0.15, 0.2) is 24.3 Å². The van der Waals surface area contributed by atoms with Crippen LogP contribution >= 0.6 is 12.4 Å². The zero-order valence-corrected chi connectivity index (χ0v) is 10.0. The van der Waals surface area contributed by atoms with Crippen LogP contribution in [0.5, 0.6) is 0 Å². The monoisotopic (exact) mass is 213 g/mol. The third-order valence-electron chi connectivity index (χ3n) is 2.85. The maximum absolute atomic E-state index is 5.54. The van der Waals surface area contributed by atoms with E-state index in [2.05, 4.69) is 45.0 Å². The van der Waals surface area contributed by atoms with Crippen molar-refractivity contribution in [2.24, 2.45) is 5.73 Å². The van der Waals surface area contributed by atoms with E-state index in [1.165, 1.54) is 11.1 Å². The molecule has 0 atom stereocenters. The van der Waals surface area contributed by atoms with Crippen molar-refractivity contribution in [3.63, 3.8) is 0 Å². The standard InChI is InChI=1S/C12H19N.ClH/c1-4-12(2,3)11-7-5-10(9-13)6-8-11;/h5-8H,4,9,13H2,1-3H3;1H. The summed E-state index contributed by atoms with van der Waals surface area (Å²) in [5.74, 6) is 0. The first-order valence-electron chi connectivity index (χ1n) is 4.89. The van der Waals surface area contributed by atoms with Gasteiger partial charge in [0.25, 0.3) is 0 Å². The molecule has 0 amide bonds. The molecular formula is C12H20ClN. The van der Waals surface area contributed by atoms with Crippen LogP contribution in [0.2, 0.25) is 0 Å². The smallest absolute Gasteiger partial charge is 0.0178 e. The van der Waals surface area contributed by atoms with E-state index >= 15 is 0 Å². The lowest BCUT2D eigenvalue weighted by molar-refractivity contribution is 0.506. The fourth-order valence-electron chi connectivity index (χ4n) is 1.30. The van der Waals surface area contributed by atoms with Crippen molar-refractivity contribution in [2.45, 2.75) is 39.2 Å². The normalized spacial score (nSPS) is 10.9. The number of rotatable bonds is 3. The van der Waals surface area contributed by atoms with Gasteiger partial charge in [0, 0.05) is 6.54 Å². The van der Waals surface area contributed by atoms with E-state index < -0.39 is 0 Å². The average molecular weight is 214 g/mol. The van der Waals surface area contributed by atoms with Gasteiger partial charge in [-0.05, 0) is 23.0 Å². The van der Waals surface area contributed by atoms with Crippen molar-refractivity contribution in [1.82, 2.24) is 0 Å². The van der Waals surface area contributed by atoms with E-state index in [1.54, 1.807) is 0 Å². The summed E-state index contributed by atoms with van der Waals surface area (Å²) in [6.07, 6.45) is 1.16. The van der Waals surface area contributed by atoms with E-state index in [-0.39, 0.29) is 17.8 Å². The Morgan fingerprint density at radius 2 is 1.64 bits per heavy atom. The first-order chi connectivity index (χ1) is 6.10. The summed E-state index contributed by atoms with van der Waals surface area (Å²) in [5, 5.41) is 0. The Hall–Kier alpha value is -0.530. The third kappa shape index (κ3) is 3.00. The lowest BCUT2D eigenvalue weighted by Crippen LogP contribution is -2.15. The molecular weight excluding hydrogens is 194 g/mol. The van der Waals surface area contributed by atoms with Gasteiger partial charge in [0.1, 0.15) is 0 Å². The topological polar surface area (TPSA) is 26.0 Å². The second-order valence-electron chi connectivity index (χ2n) is 4.14. The fourth-order valence-corrected chi connectivity index (χ4v) is 1.30. The Bertz CT molecular complexity index is 264. The van der Waals surface area contributed by atoms with Gasteiger partial charge in [0.2, 0.25) is 0 Å². The zero-order chi connectivity index (χ0) is 9.90. The van der Waals surface area contributed by atoms with Gasteiger partial charge in [0.15, 0.2) is 0 Å². The molecule has 0 unspecified atom stereocenters. The van der Waals surface area contributed by atoms with Crippen LogP contribution in [0, 0.1) is 0 Å². The lowest BCUT2D eigenvalue weighted by atomic mass is 9.82. The molecule has 80 valence electrons. The molecule has 0 fully saturated rings. The second-order valence-corrected chi connectivity index (χ2v) is 4.14. The highest BCUT2D eigenvalue weighted by Crippen LogP contribution is 2.26. The number of benzene rings is 1. The molecule has 0 aromatic heterocycles. The van der Waals surface area contributed by atoms with Crippen LogP contribution in [0.4, 0.5) is 0 Å². The number of halogens is 1. The Labute approximate surface area is 93.1 Å². The van der Waals surface area contributed by atoms with E-state index in [0.717, 1.165) is 6.42 Å². The minimum Gasteiger partial charge on any atom is -0.326 e. The summed E-state index contributed by atoms with van der Waals surface area (Å²) >= 11 is 0. The van der Waals surface area contributed by atoms with Gasteiger partial charge in [-0.25, -0.2) is 0 Å². The van der Waals surface area contributed by atoms with Crippen LogP contribution in [0.25, 0.3) is 0 Å². The van der Waals surface area contributed by atoms with Crippen LogP contribution in [-0.2, 0) is 12.0 Å². The molecule has 14 heavy (non-hydrogen) atoms. The first-order valence-corrected chi connectivity index (χ1v) is 4.89. The van der Waals surface area contributed by atoms with Gasteiger partial charge >= 0.3 is 0 Å². The molecule has 1 aromatic carbocycles. The van der Waals surface area contributed by atoms with Crippen LogP contribution < -0.4 is 5.73 Å². The van der Waals surface area contributed by atoms with Crippen LogP contribution in [0.3, 0.4) is 0 Å². The number of nitrogens with two attached hydrogens (primary N) is 1. The summed E-state index contributed by atoms with van der Waals surface area (Å²) in [6.45, 7) is 7.39. The van der Waals surface area contributed by atoms with E-state index in [9.17, 15) is 0 Å². The van der Waals surface area contributed by atoms with Crippen molar-refractivity contribution in [1.29, 1.82) is 0 Å². The van der Waals surface area contributed by atoms with Gasteiger partial charge < -0.3 is 5.73 Å². The zero-order valence-electron chi connectivity index (χ0n) is 9.21. The summed E-state index contributed by atoms with van der Waals surface area (Å²) in [5.41, 5.74) is 8.43. The molecule has 1 nitrogen and oxygen atoms in total. The van der Waals surface area contributed by atoms with E-state index in [1.807, 2.05) is 0 Å². The van der Waals surface area contributed by atoms with E-state index in [4.69, 9.17) is 5.73 Å². The van der Waals surface area contributed by atoms with Crippen molar-refractivity contribution in [3.8, 4) is 0 Å². The van der Waals surface area contributed by atoms with Gasteiger partial charge in [-0.3, -0.25) is 0 Å². The van der Waals surface area contributed by atoms with Gasteiger partial charge in [-0.2, -0.15) is 0 Å². The Kier molecular flexibility index (Phi) is 5.17. The van der Waals surface area contributed by atoms with E-state index in [0.29, 0.717) is 6.54 Å². The molecule has 0 spiro atoms. The summed E-state index contributed by atoms with van der Waals surface area (Å²) in [7, 11) is 0. The lowest BCUT2D eigenvalue weighted by Gasteiger charge is -2.23. The molecule has 0 saturated carbocycles. The Balaban J connectivity index is 0.00000169. The first kappa shape index (κ1) is 13.5. The summed E-state index contributed by atoms with van der Waals surface area (Å²) in [4.78, 5) is 0. The maximum Gasteiger partial charge on any atom is 0.0178 e. The largest absolute Gasteiger partial charge is 0.326 e. The number of hydrogen-bond donors (Lipinski definition) is 1. The number of hydrogen-bond acceptors (Lipinski definition) is 1. The molecule has 1 rings (SSSR count). The predicted octanol–water partition coefficient (Wildman–Crippen LogP) is 3.25. The second kappa shape index (κ2) is 5.38. The fraction of sp³-hybridized carbons (Fsp3) is 0.500. The molecule has 0 aliphatic carbocycles. The van der Waals surface area contributed by atoms with Crippen molar-refractivity contribution < 1.29 is 0 Å². The predicted molar refractivity (Wildman–Crippen MR) is 64.9 cm³/mol. The average Bonchev–Trinajstić information content (AvgIpc) is 2.18. The molecule has 0 aliphatic heterocycles. The van der Waals surface area contributed by atoms with Gasteiger partial charge in [-0.15, -0.1) is 12.4 Å². The highest BCUT2D eigenvalue weighted by Gasteiger charge is 2.16. The Morgan fingerprint density at radius 1 is 1.14 bits per heavy atom. The minimum absolute atomic E-state index is 0. The minimum atomic E-state index is 0. The third-order valence-corrected chi connectivity index (χ3v) is 2.85. The van der Waals surface area contributed by atoms with Crippen molar-refractivity contribution >= 4 is 12.4 Å². The molecule has 0 bridgehead atoms. The quantitative estimate of drug-likeness (QED) is 0.820. The molecule has 0 radical (unpaired) electrons. The SMILES string of the molecule is CCC(C)(C)c1ccc(CN)cc1.Cl. The molecule has 0 saturated heterocycles. The Morgan fingerprint density at radius 3 is 2.00 bits per heavy atom. The molecule has 2 heteroatoms. The highest BCUT2D eigenvalue weighted by molar-refractivity contribution is 5.85. The maximum atomic E-state index is 5.54. The van der Waals surface area contributed by atoms with Gasteiger partial charge in [0.05, 0.1) is 0 Å².